The lowest BCUT2D eigenvalue weighted by molar-refractivity contribution is -0.137. The van der Waals surface area contributed by atoms with E-state index < -0.39 is 11.7 Å². The van der Waals surface area contributed by atoms with E-state index in [-0.39, 0.29) is 11.8 Å². The van der Waals surface area contributed by atoms with Crippen molar-refractivity contribution < 1.29 is 18.0 Å². The van der Waals surface area contributed by atoms with E-state index in [0.29, 0.717) is 37.8 Å². The molecular weight excluding hydrogens is 295 g/mol. The Bertz CT molecular complexity index is 532. The first-order valence-corrected chi connectivity index (χ1v) is 7.52. The Labute approximate surface area is 126 Å². The molecule has 0 aromatic carbocycles. The average molecular weight is 313 g/mol. The number of aromatic nitrogens is 1. The predicted octanol–water partition coefficient (Wildman–Crippen LogP) is 2.60. The fourth-order valence-electron chi connectivity index (χ4n) is 2.66. The Kier molecular flexibility index (Phi) is 3.97. The van der Waals surface area contributed by atoms with Crippen LogP contribution in [0.2, 0.25) is 0 Å². The number of carbonyl (C=O) groups excluding carboxylic acids is 1. The summed E-state index contributed by atoms with van der Waals surface area (Å²) < 4.78 is 37.5. The van der Waals surface area contributed by atoms with Crippen LogP contribution >= 0.6 is 0 Å². The van der Waals surface area contributed by atoms with Gasteiger partial charge in [-0.05, 0) is 37.8 Å². The number of hydrogen-bond donors (Lipinski definition) is 1. The summed E-state index contributed by atoms with van der Waals surface area (Å²) >= 11 is 0. The van der Waals surface area contributed by atoms with Crippen LogP contribution < -0.4 is 10.2 Å². The van der Waals surface area contributed by atoms with Gasteiger partial charge in [0.05, 0.1) is 5.56 Å². The van der Waals surface area contributed by atoms with Crippen molar-refractivity contribution in [2.24, 2.45) is 5.92 Å². The quantitative estimate of drug-likeness (QED) is 0.933. The standard InChI is InChI=1S/C15H18F3N3O/c16-15(17,18)11-1-4-13(19-9-11)21-7-5-10(6-8-21)14(22)20-12-2-3-12/h1,4,9-10,12H,2-3,5-8H2,(H,20,22). The van der Waals surface area contributed by atoms with Crippen LogP contribution in [0.15, 0.2) is 18.3 Å². The Hall–Kier alpha value is -1.79. The molecule has 2 aliphatic rings. The highest BCUT2D eigenvalue weighted by Gasteiger charge is 2.32. The van der Waals surface area contributed by atoms with Gasteiger partial charge in [0, 0.05) is 31.2 Å². The van der Waals surface area contributed by atoms with Crippen molar-refractivity contribution in [1.82, 2.24) is 10.3 Å². The second kappa shape index (κ2) is 5.78. The van der Waals surface area contributed by atoms with Gasteiger partial charge in [-0.2, -0.15) is 13.2 Å². The smallest absolute Gasteiger partial charge is 0.357 e. The van der Waals surface area contributed by atoms with Gasteiger partial charge in [-0.3, -0.25) is 4.79 Å². The zero-order valence-corrected chi connectivity index (χ0v) is 12.1. The minimum absolute atomic E-state index is 0.00583. The van der Waals surface area contributed by atoms with E-state index in [1.807, 2.05) is 4.90 Å². The number of hydrogen-bond acceptors (Lipinski definition) is 3. The van der Waals surface area contributed by atoms with Crippen molar-refractivity contribution in [3.8, 4) is 0 Å². The first kappa shape index (κ1) is 15.1. The lowest BCUT2D eigenvalue weighted by atomic mass is 9.96. The zero-order chi connectivity index (χ0) is 15.7. The molecule has 0 spiro atoms. The molecule has 22 heavy (non-hydrogen) atoms. The Morgan fingerprint density at radius 1 is 1.18 bits per heavy atom. The Balaban J connectivity index is 1.55. The Morgan fingerprint density at radius 3 is 2.36 bits per heavy atom. The molecule has 1 saturated carbocycles. The molecule has 1 aliphatic carbocycles. The number of rotatable bonds is 3. The van der Waals surface area contributed by atoms with Gasteiger partial charge in [-0.1, -0.05) is 0 Å². The monoisotopic (exact) mass is 313 g/mol. The third kappa shape index (κ3) is 3.51. The molecule has 1 N–H and O–H groups in total. The molecule has 0 atom stereocenters. The minimum Gasteiger partial charge on any atom is -0.357 e. The summed E-state index contributed by atoms with van der Waals surface area (Å²) in [5, 5.41) is 3.00. The highest BCUT2D eigenvalue weighted by Crippen LogP contribution is 2.30. The number of amides is 1. The number of pyridine rings is 1. The van der Waals surface area contributed by atoms with Gasteiger partial charge in [0.25, 0.3) is 0 Å². The molecule has 0 radical (unpaired) electrons. The van der Waals surface area contributed by atoms with E-state index >= 15 is 0 Å². The molecule has 0 unspecified atom stereocenters. The molecule has 1 aliphatic heterocycles. The molecule has 2 fully saturated rings. The molecule has 4 nitrogen and oxygen atoms in total. The summed E-state index contributed by atoms with van der Waals surface area (Å²) in [5.41, 5.74) is -0.741. The highest BCUT2D eigenvalue weighted by atomic mass is 19.4. The number of nitrogens with zero attached hydrogens (tertiary/aromatic N) is 2. The van der Waals surface area contributed by atoms with Crippen molar-refractivity contribution in [1.29, 1.82) is 0 Å². The summed E-state index contributed by atoms with van der Waals surface area (Å²) in [6.45, 7) is 1.28. The van der Waals surface area contributed by atoms with Crippen molar-refractivity contribution in [2.75, 3.05) is 18.0 Å². The number of halogens is 3. The molecule has 1 saturated heterocycles. The maximum Gasteiger partial charge on any atom is 0.417 e. The summed E-state index contributed by atoms with van der Waals surface area (Å²) in [5.74, 6) is 0.655. The van der Waals surface area contributed by atoms with Gasteiger partial charge < -0.3 is 10.2 Å². The lowest BCUT2D eigenvalue weighted by Gasteiger charge is -2.32. The van der Waals surface area contributed by atoms with Gasteiger partial charge in [-0.15, -0.1) is 0 Å². The lowest BCUT2D eigenvalue weighted by Crippen LogP contribution is -2.41. The average Bonchev–Trinajstić information content (AvgIpc) is 3.31. The van der Waals surface area contributed by atoms with Crippen LogP contribution in [0.4, 0.5) is 19.0 Å². The number of carbonyl (C=O) groups is 1. The third-order valence-corrected chi connectivity index (χ3v) is 4.19. The highest BCUT2D eigenvalue weighted by molar-refractivity contribution is 5.79. The van der Waals surface area contributed by atoms with E-state index in [0.717, 1.165) is 25.1 Å². The first-order valence-electron chi connectivity index (χ1n) is 7.52. The van der Waals surface area contributed by atoms with Crippen molar-refractivity contribution in [3.05, 3.63) is 23.9 Å². The molecule has 0 bridgehead atoms. The topological polar surface area (TPSA) is 45.2 Å². The number of anilines is 1. The van der Waals surface area contributed by atoms with E-state index in [2.05, 4.69) is 10.3 Å². The van der Waals surface area contributed by atoms with Crippen molar-refractivity contribution in [2.45, 2.75) is 37.9 Å². The molecule has 7 heteroatoms. The Morgan fingerprint density at radius 2 is 1.86 bits per heavy atom. The summed E-state index contributed by atoms with van der Waals surface area (Å²) in [6.07, 6.45) is 0.0588. The molecule has 1 amide bonds. The summed E-state index contributed by atoms with van der Waals surface area (Å²) in [7, 11) is 0. The molecule has 2 heterocycles. The van der Waals surface area contributed by atoms with Crippen LogP contribution in [0, 0.1) is 5.92 Å². The van der Waals surface area contributed by atoms with Crippen LogP contribution in [0.3, 0.4) is 0 Å². The zero-order valence-electron chi connectivity index (χ0n) is 12.1. The van der Waals surface area contributed by atoms with Crippen molar-refractivity contribution >= 4 is 11.7 Å². The van der Waals surface area contributed by atoms with E-state index in [1.54, 1.807) is 0 Å². The number of nitrogens with one attached hydrogen (secondary N) is 1. The summed E-state index contributed by atoms with van der Waals surface area (Å²) in [4.78, 5) is 17.8. The van der Waals surface area contributed by atoms with Gasteiger partial charge in [0.15, 0.2) is 0 Å². The molecule has 1 aromatic rings. The largest absolute Gasteiger partial charge is 0.417 e. The third-order valence-electron chi connectivity index (χ3n) is 4.19. The molecule has 1 aromatic heterocycles. The van der Waals surface area contributed by atoms with Gasteiger partial charge in [0.1, 0.15) is 5.82 Å². The second-order valence-electron chi connectivity index (χ2n) is 5.95. The minimum atomic E-state index is -4.36. The van der Waals surface area contributed by atoms with Crippen LogP contribution in [0.25, 0.3) is 0 Å². The fourth-order valence-corrected chi connectivity index (χ4v) is 2.66. The molecule has 3 rings (SSSR count). The van der Waals surface area contributed by atoms with E-state index in [4.69, 9.17) is 0 Å². The normalized spacial score (nSPS) is 20.0. The first-order chi connectivity index (χ1) is 10.4. The number of piperidine rings is 1. The summed E-state index contributed by atoms with van der Waals surface area (Å²) in [6, 6.07) is 2.81. The van der Waals surface area contributed by atoms with Crippen LogP contribution in [-0.4, -0.2) is 30.0 Å². The van der Waals surface area contributed by atoms with E-state index in [1.165, 1.54) is 6.07 Å². The maximum atomic E-state index is 12.5. The fraction of sp³-hybridized carbons (Fsp3) is 0.600. The van der Waals surface area contributed by atoms with Crippen LogP contribution in [-0.2, 0) is 11.0 Å². The number of alkyl halides is 3. The SMILES string of the molecule is O=C(NC1CC1)C1CCN(c2ccc(C(F)(F)F)cn2)CC1. The van der Waals surface area contributed by atoms with Gasteiger partial charge in [-0.25, -0.2) is 4.98 Å². The second-order valence-corrected chi connectivity index (χ2v) is 5.95. The molecule has 120 valence electrons. The molecular formula is C15H18F3N3O. The van der Waals surface area contributed by atoms with Crippen molar-refractivity contribution in [3.63, 3.8) is 0 Å². The maximum absolute atomic E-state index is 12.5. The van der Waals surface area contributed by atoms with Crippen LogP contribution in [0.5, 0.6) is 0 Å². The van der Waals surface area contributed by atoms with Gasteiger partial charge >= 0.3 is 6.18 Å². The van der Waals surface area contributed by atoms with E-state index in [9.17, 15) is 18.0 Å². The predicted molar refractivity (Wildman–Crippen MR) is 75.3 cm³/mol. The van der Waals surface area contributed by atoms with Gasteiger partial charge in [0.2, 0.25) is 5.91 Å². The van der Waals surface area contributed by atoms with Crippen LogP contribution in [0.1, 0.15) is 31.2 Å².